The van der Waals surface area contributed by atoms with Crippen LogP contribution >= 0.6 is 0 Å². The lowest BCUT2D eigenvalue weighted by Crippen LogP contribution is -2.41. The van der Waals surface area contributed by atoms with Gasteiger partial charge < -0.3 is 5.32 Å². The summed E-state index contributed by atoms with van der Waals surface area (Å²) in [7, 11) is -0.683. The lowest BCUT2D eigenvalue weighted by molar-refractivity contribution is 0.394. The minimum atomic E-state index is -0.683. The Morgan fingerprint density at radius 1 is 1.12 bits per heavy atom. The van der Waals surface area contributed by atoms with Crippen molar-refractivity contribution in [1.82, 2.24) is 5.32 Å². The van der Waals surface area contributed by atoms with Crippen LogP contribution < -0.4 is 5.32 Å². The van der Waals surface area contributed by atoms with Gasteiger partial charge in [0.2, 0.25) is 0 Å². The van der Waals surface area contributed by atoms with Crippen LogP contribution in [0.25, 0.3) is 0 Å². The summed E-state index contributed by atoms with van der Waals surface area (Å²) in [5, 5.41) is 3.87. The van der Waals surface area contributed by atoms with E-state index in [0.717, 1.165) is 31.6 Å². The fraction of sp³-hybridized carbons (Fsp3) is 1.00. The number of rotatable bonds is 9. The predicted molar refractivity (Wildman–Crippen MR) is 74.3 cm³/mol. The molecule has 0 aromatic heterocycles. The highest BCUT2D eigenvalue weighted by atomic mass is 32.2. The maximum absolute atomic E-state index is 12.0. The number of hydrogen-bond acceptors (Lipinski definition) is 2. The standard InChI is InChI=1S/C13H29NOS/c1-6-9-14-13(11(4)7-2)10-16(15)12(5)8-3/h11-14H,6-10H2,1-5H3. The van der Waals surface area contributed by atoms with Crippen molar-refractivity contribution < 1.29 is 4.21 Å². The molecule has 0 aromatic rings. The van der Waals surface area contributed by atoms with Gasteiger partial charge in [0, 0.05) is 27.8 Å². The fourth-order valence-electron chi connectivity index (χ4n) is 1.57. The first-order valence-electron chi connectivity index (χ1n) is 6.67. The van der Waals surface area contributed by atoms with Crippen molar-refractivity contribution >= 4 is 10.8 Å². The number of hydrogen-bond donors (Lipinski definition) is 1. The molecule has 0 radical (unpaired) electrons. The molecule has 0 rings (SSSR count). The van der Waals surface area contributed by atoms with Gasteiger partial charge in [-0.1, -0.05) is 41.0 Å². The topological polar surface area (TPSA) is 29.1 Å². The molecule has 0 saturated carbocycles. The van der Waals surface area contributed by atoms with Gasteiger partial charge in [0.25, 0.3) is 0 Å². The molecule has 0 bridgehead atoms. The Morgan fingerprint density at radius 3 is 2.19 bits per heavy atom. The van der Waals surface area contributed by atoms with Gasteiger partial charge in [0.15, 0.2) is 0 Å². The molecule has 0 aliphatic carbocycles. The molecule has 0 saturated heterocycles. The van der Waals surface area contributed by atoms with E-state index in [0.29, 0.717) is 17.2 Å². The van der Waals surface area contributed by atoms with E-state index in [1.54, 1.807) is 0 Å². The zero-order valence-electron chi connectivity index (χ0n) is 11.6. The summed E-state index contributed by atoms with van der Waals surface area (Å²) in [5.41, 5.74) is 0. The number of nitrogens with one attached hydrogen (secondary N) is 1. The average Bonchev–Trinajstić information content (AvgIpc) is 2.31. The minimum absolute atomic E-state index is 0.329. The molecular formula is C13H29NOS. The summed E-state index contributed by atoms with van der Waals surface area (Å²) >= 11 is 0. The molecule has 3 heteroatoms. The van der Waals surface area contributed by atoms with E-state index in [-0.39, 0.29) is 0 Å². The van der Waals surface area contributed by atoms with Crippen LogP contribution in [0.2, 0.25) is 0 Å². The van der Waals surface area contributed by atoms with Crippen molar-refractivity contribution in [3.63, 3.8) is 0 Å². The van der Waals surface area contributed by atoms with E-state index in [1.165, 1.54) is 0 Å². The van der Waals surface area contributed by atoms with Crippen LogP contribution in [0.3, 0.4) is 0 Å². The van der Waals surface area contributed by atoms with Crippen LogP contribution in [0, 0.1) is 5.92 Å². The zero-order valence-corrected chi connectivity index (χ0v) is 12.4. The van der Waals surface area contributed by atoms with Crippen molar-refractivity contribution in [2.75, 3.05) is 12.3 Å². The van der Waals surface area contributed by atoms with Crippen LogP contribution in [-0.4, -0.2) is 27.8 Å². The van der Waals surface area contributed by atoms with Crippen molar-refractivity contribution in [2.45, 2.75) is 65.2 Å². The molecule has 16 heavy (non-hydrogen) atoms. The molecule has 0 spiro atoms. The first-order valence-corrected chi connectivity index (χ1v) is 8.05. The SMILES string of the molecule is CCCNC(CS(=O)C(C)CC)C(C)CC. The highest BCUT2D eigenvalue weighted by Crippen LogP contribution is 2.12. The molecule has 4 atom stereocenters. The monoisotopic (exact) mass is 247 g/mol. The van der Waals surface area contributed by atoms with Crippen molar-refractivity contribution in [1.29, 1.82) is 0 Å². The van der Waals surface area contributed by atoms with E-state index < -0.39 is 10.8 Å². The van der Waals surface area contributed by atoms with Crippen molar-refractivity contribution in [3.05, 3.63) is 0 Å². The van der Waals surface area contributed by atoms with Crippen LogP contribution in [0.15, 0.2) is 0 Å². The molecule has 4 unspecified atom stereocenters. The third kappa shape index (κ3) is 6.00. The molecule has 2 nitrogen and oxygen atoms in total. The van der Waals surface area contributed by atoms with Gasteiger partial charge in [-0.15, -0.1) is 0 Å². The first-order chi connectivity index (χ1) is 7.56. The van der Waals surface area contributed by atoms with Crippen LogP contribution in [0.5, 0.6) is 0 Å². The Hall–Kier alpha value is 0.110. The summed E-state index contributed by atoms with van der Waals surface area (Å²) in [6.07, 6.45) is 3.30. The molecule has 0 fully saturated rings. The summed E-state index contributed by atoms with van der Waals surface area (Å²) in [4.78, 5) is 0. The molecule has 0 aliphatic rings. The van der Waals surface area contributed by atoms with E-state index in [4.69, 9.17) is 0 Å². The van der Waals surface area contributed by atoms with Gasteiger partial charge in [-0.2, -0.15) is 0 Å². The van der Waals surface area contributed by atoms with Crippen LogP contribution in [0.4, 0.5) is 0 Å². The van der Waals surface area contributed by atoms with E-state index in [2.05, 4.69) is 39.9 Å². The van der Waals surface area contributed by atoms with Gasteiger partial charge in [0.1, 0.15) is 0 Å². The summed E-state index contributed by atoms with van der Waals surface area (Å²) in [6, 6.07) is 0.416. The minimum Gasteiger partial charge on any atom is -0.313 e. The second-order valence-electron chi connectivity index (χ2n) is 4.71. The molecule has 0 aliphatic heterocycles. The van der Waals surface area contributed by atoms with Crippen molar-refractivity contribution in [2.24, 2.45) is 5.92 Å². The molecule has 0 heterocycles. The third-order valence-corrected chi connectivity index (χ3v) is 5.27. The molecule has 98 valence electrons. The maximum Gasteiger partial charge on any atom is 0.0394 e. The lowest BCUT2D eigenvalue weighted by atomic mass is 10.0. The maximum atomic E-state index is 12.0. The highest BCUT2D eigenvalue weighted by molar-refractivity contribution is 7.85. The smallest absolute Gasteiger partial charge is 0.0394 e. The second-order valence-corrected chi connectivity index (χ2v) is 6.61. The highest BCUT2D eigenvalue weighted by Gasteiger charge is 2.20. The lowest BCUT2D eigenvalue weighted by Gasteiger charge is -2.25. The van der Waals surface area contributed by atoms with Gasteiger partial charge >= 0.3 is 0 Å². The quantitative estimate of drug-likeness (QED) is 0.679. The molecule has 0 aromatic carbocycles. The predicted octanol–water partition coefficient (Wildman–Crippen LogP) is 2.95. The van der Waals surface area contributed by atoms with Crippen molar-refractivity contribution in [3.8, 4) is 0 Å². The molecule has 1 N–H and O–H groups in total. The van der Waals surface area contributed by atoms with E-state index in [9.17, 15) is 4.21 Å². The van der Waals surface area contributed by atoms with Gasteiger partial charge in [-0.25, -0.2) is 0 Å². The van der Waals surface area contributed by atoms with Gasteiger partial charge in [-0.3, -0.25) is 4.21 Å². The average molecular weight is 247 g/mol. The Labute approximate surface area is 104 Å². The van der Waals surface area contributed by atoms with Crippen LogP contribution in [-0.2, 0) is 10.8 Å². The summed E-state index contributed by atoms with van der Waals surface area (Å²) in [6.45, 7) is 11.9. The summed E-state index contributed by atoms with van der Waals surface area (Å²) in [5.74, 6) is 1.42. The Morgan fingerprint density at radius 2 is 1.75 bits per heavy atom. The Balaban J connectivity index is 4.24. The summed E-state index contributed by atoms with van der Waals surface area (Å²) < 4.78 is 12.0. The Bertz CT molecular complexity index is 196. The van der Waals surface area contributed by atoms with Crippen LogP contribution in [0.1, 0.15) is 53.9 Å². The van der Waals surface area contributed by atoms with E-state index >= 15 is 0 Å². The Kier molecular flexibility index (Phi) is 9.24. The molecule has 0 amide bonds. The van der Waals surface area contributed by atoms with E-state index in [1.807, 2.05) is 0 Å². The largest absolute Gasteiger partial charge is 0.313 e. The van der Waals surface area contributed by atoms with Gasteiger partial charge in [0.05, 0.1) is 0 Å². The third-order valence-electron chi connectivity index (χ3n) is 3.35. The normalized spacial score (nSPS) is 19.1. The fourth-order valence-corrected chi connectivity index (χ4v) is 3.07. The van der Waals surface area contributed by atoms with Gasteiger partial charge in [-0.05, 0) is 25.3 Å². The second kappa shape index (κ2) is 9.17. The molecular weight excluding hydrogens is 218 g/mol. The zero-order chi connectivity index (χ0) is 12.6. The first kappa shape index (κ1) is 16.1.